The highest BCUT2D eigenvalue weighted by molar-refractivity contribution is 5.68. The van der Waals surface area contributed by atoms with Gasteiger partial charge in [-0.1, -0.05) is 6.92 Å². The molecule has 0 amide bonds. The van der Waals surface area contributed by atoms with Crippen molar-refractivity contribution in [2.24, 2.45) is 11.8 Å². The Bertz CT molecular complexity index is 434. The molecule has 3 N–H and O–H groups in total. The van der Waals surface area contributed by atoms with Gasteiger partial charge in [-0.25, -0.2) is 4.39 Å². The Morgan fingerprint density at radius 2 is 2.17 bits per heavy atom. The SMILES string of the molecule is CC(C)Oc1cc(NCC2CC2C)c(N)cc1F. The van der Waals surface area contributed by atoms with Gasteiger partial charge in [0.1, 0.15) is 0 Å². The average molecular weight is 252 g/mol. The maximum Gasteiger partial charge on any atom is 0.167 e. The normalized spacial score (nSPS) is 22.1. The van der Waals surface area contributed by atoms with Crippen LogP contribution in [0.1, 0.15) is 27.2 Å². The van der Waals surface area contributed by atoms with Gasteiger partial charge in [-0.3, -0.25) is 0 Å². The molecule has 0 heterocycles. The molecule has 1 aliphatic carbocycles. The van der Waals surface area contributed by atoms with Gasteiger partial charge < -0.3 is 15.8 Å². The Kier molecular flexibility index (Phi) is 3.64. The van der Waals surface area contributed by atoms with Crippen molar-refractivity contribution in [2.75, 3.05) is 17.6 Å². The number of ether oxygens (including phenoxy) is 1. The molecule has 1 fully saturated rings. The molecule has 2 rings (SSSR count). The Balaban J connectivity index is 2.08. The van der Waals surface area contributed by atoms with E-state index in [1.165, 1.54) is 12.5 Å². The van der Waals surface area contributed by atoms with Crippen molar-refractivity contribution < 1.29 is 9.13 Å². The first-order valence-electron chi connectivity index (χ1n) is 6.47. The summed E-state index contributed by atoms with van der Waals surface area (Å²) < 4.78 is 19.0. The minimum Gasteiger partial charge on any atom is -0.488 e. The van der Waals surface area contributed by atoms with Crippen LogP contribution < -0.4 is 15.8 Å². The molecule has 1 aliphatic rings. The zero-order chi connectivity index (χ0) is 13.3. The van der Waals surface area contributed by atoms with Crippen LogP contribution in [0.4, 0.5) is 15.8 Å². The van der Waals surface area contributed by atoms with E-state index < -0.39 is 5.82 Å². The highest BCUT2D eigenvalue weighted by atomic mass is 19.1. The van der Waals surface area contributed by atoms with Crippen LogP contribution in [0, 0.1) is 17.7 Å². The number of nitrogens with two attached hydrogens (primary N) is 1. The molecule has 0 aromatic heterocycles. The summed E-state index contributed by atoms with van der Waals surface area (Å²) in [7, 11) is 0. The van der Waals surface area contributed by atoms with Crippen LogP contribution in [-0.2, 0) is 0 Å². The van der Waals surface area contributed by atoms with E-state index in [0.29, 0.717) is 11.6 Å². The molecular weight excluding hydrogens is 231 g/mol. The van der Waals surface area contributed by atoms with Crippen LogP contribution in [0.15, 0.2) is 12.1 Å². The molecule has 0 aliphatic heterocycles. The van der Waals surface area contributed by atoms with Gasteiger partial charge in [-0.05, 0) is 32.1 Å². The van der Waals surface area contributed by atoms with Crippen LogP contribution >= 0.6 is 0 Å². The number of nitrogen functional groups attached to an aromatic ring is 1. The summed E-state index contributed by atoms with van der Waals surface area (Å²) in [4.78, 5) is 0. The fraction of sp³-hybridized carbons (Fsp3) is 0.571. The zero-order valence-corrected chi connectivity index (χ0v) is 11.2. The summed E-state index contributed by atoms with van der Waals surface area (Å²) in [6.07, 6.45) is 1.20. The summed E-state index contributed by atoms with van der Waals surface area (Å²) in [6, 6.07) is 2.97. The quantitative estimate of drug-likeness (QED) is 0.791. The minimum atomic E-state index is -0.411. The molecular formula is C14H21FN2O. The first kappa shape index (κ1) is 13.0. The maximum absolute atomic E-state index is 13.6. The number of rotatable bonds is 5. The lowest BCUT2D eigenvalue weighted by Gasteiger charge is -2.15. The highest BCUT2D eigenvalue weighted by Crippen LogP contribution is 2.38. The van der Waals surface area contributed by atoms with E-state index in [9.17, 15) is 4.39 Å². The van der Waals surface area contributed by atoms with Crippen molar-refractivity contribution in [1.29, 1.82) is 0 Å². The number of anilines is 2. The first-order chi connectivity index (χ1) is 8.47. The summed E-state index contributed by atoms with van der Waals surface area (Å²) >= 11 is 0. The average Bonchev–Trinajstić information content (AvgIpc) is 2.96. The van der Waals surface area contributed by atoms with Crippen LogP contribution in [0.2, 0.25) is 0 Å². The standard InChI is InChI=1S/C14H21FN2O/c1-8(2)18-14-6-13(12(16)5-11(14)15)17-7-10-4-9(10)3/h5-6,8-10,17H,4,7,16H2,1-3H3. The predicted molar refractivity (Wildman–Crippen MR) is 72.3 cm³/mol. The van der Waals surface area contributed by atoms with Crippen molar-refractivity contribution >= 4 is 11.4 Å². The fourth-order valence-electron chi connectivity index (χ4n) is 1.99. The van der Waals surface area contributed by atoms with Crippen molar-refractivity contribution in [3.8, 4) is 5.75 Å². The molecule has 100 valence electrons. The van der Waals surface area contributed by atoms with E-state index in [1.807, 2.05) is 13.8 Å². The second-order valence-corrected chi connectivity index (χ2v) is 5.39. The Morgan fingerprint density at radius 1 is 1.50 bits per heavy atom. The van der Waals surface area contributed by atoms with Gasteiger partial charge in [0.05, 0.1) is 17.5 Å². The fourth-order valence-corrected chi connectivity index (χ4v) is 1.99. The molecule has 18 heavy (non-hydrogen) atoms. The summed E-state index contributed by atoms with van der Waals surface area (Å²) in [6.45, 7) is 6.86. The molecule has 1 saturated carbocycles. The molecule has 0 spiro atoms. The smallest absolute Gasteiger partial charge is 0.167 e. The van der Waals surface area contributed by atoms with Gasteiger partial charge in [-0.2, -0.15) is 0 Å². The van der Waals surface area contributed by atoms with E-state index in [4.69, 9.17) is 10.5 Å². The molecule has 1 aromatic rings. The minimum absolute atomic E-state index is 0.0561. The van der Waals surface area contributed by atoms with Crippen LogP contribution in [0.25, 0.3) is 0 Å². The molecule has 3 nitrogen and oxygen atoms in total. The monoisotopic (exact) mass is 252 g/mol. The molecule has 2 unspecified atom stereocenters. The lowest BCUT2D eigenvalue weighted by atomic mass is 10.2. The molecule has 4 heteroatoms. The largest absolute Gasteiger partial charge is 0.488 e. The van der Waals surface area contributed by atoms with E-state index >= 15 is 0 Å². The van der Waals surface area contributed by atoms with E-state index in [-0.39, 0.29) is 11.9 Å². The highest BCUT2D eigenvalue weighted by Gasteiger charge is 2.32. The Hall–Kier alpha value is -1.45. The summed E-state index contributed by atoms with van der Waals surface area (Å²) in [5.74, 6) is 1.34. The maximum atomic E-state index is 13.6. The number of hydrogen-bond donors (Lipinski definition) is 2. The van der Waals surface area contributed by atoms with Crippen LogP contribution in [0.5, 0.6) is 5.75 Å². The van der Waals surface area contributed by atoms with Gasteiger partial charge in [-0.15, -0.1) is 0 Å². The molecule has 0 radical (unpaired) electrons. The van der Waals surface area contributed by atoms with Gasteiger partial charge in [0.2, 0.25) is 0 Å². The third kappa shape index (κ3) is 3.06. The second kappa shape index (κ2) is 5.04. The second-order valence-electron chi connectivity index (χ2n) is 5.39. The number of benzene rings is 1. The summed E-state index contributed by atoms with van der Waals surface area (Å²) in [5, 5.41) is 3.27. The summed E-state index contributed by atoms with van der Waals surface area (Å²) in [5.41, 5.74) is 6.99. The Labute approximate surface area is 108 Å². The van der Waals surface area contributed by atoms with E-state index in [2.05, 4.69) is 12.2 Å². The van der Waals surface area contributed by atoms with Crippen molar-refractivity contribution in [3.05, 3.63) is 17.9 Å². The lowest BCUT2D eigenvalue weighted by molar-refractivity contribution is 0.231. The predicted octanol–water partition coefficient (Wildman–Crippen LogP) is 3.26. The van der Waals surface area contributed by atoms with E-state index in [0.717, 1.165) is 18.2 Å². The van der Waals surface area contributed by atoms with Gasteiger partial charge in [0, 0.05) is 18.7 Å². The molecule has 1 aromatic carbocycles. The van der Waals surface area contributed by atoms with Crippen LogP contribution in [-0.4, -0.2) is 12.6 Å². The van der Waals surface area contributed by atoms with Crippen molar-refractivity contribution in [3.63, 3.8) is 0 Å². The van der Waals surface area contributed by atoms with Crippen molar-refractivity contribution in [1.82, 2.24) is 0 Å². The first-order valence-corrected chi connectivity index (χ1v) is 6.47. The van der Waals surface area contributed by atoms with Gasteiger partial charge in [0.25, 0.3) is 0 Å². The van der Waals surface area contributed by atoms with Gasteiger partial charge in [0.15, 0.2) is 11.6 Å². The Morgan fingerprint density at radius 3 is 2.72 bits per heavy atom. The van der Waals surface area contributed by atoms with Crippen LogP contribution in [0.3, 0.4) is 0 Å². The van der Waals surface area contributed by atoms with E-state index in [1.54, 1.807) is 6.07 Å². The lowest BCUT2D eigenvalue weighted by Crippen LogP contribution is -2.10. The zero-order valence-electron chi connectivity index (χ0n) is 11.2. The van der Waals surface area contributed by atoms with Gasteiger partial charge >= 0.3 is 0 Å². The number of nitrogens with one attached hydrogen (secondary N) is 1. The molecule has 0 bridgehead atoms. The molecule has 0 saturated heterocycles. The third-order valence-electron chi connectivity index (χ3n) is 3.30. The topological polar surface area (TPSA) is 47.3 Å². The third-order valence-corrected chi connectivity index (χ3v) is 3.30. The number of halogens is 1. The van der Waals surface area contributed by atoms with Crippen molar-refractivity contribution in [2.45, 2.75) is 33.3 Å². The number of hydrogen-bond acceptors (Lipinski definition) is 3. The molecule has 2 atom stereocenters.